The van der Waals surface area contributed by atoms with Crippen molar-refractivity contribution >= 4 is 5.82 Å². The monoisotopic (exact) mass is 396 g/mol. The Balaban J connectivity index is 1.34. The molecule has 0 saturated carbocycles. The normalized spacial score (nSPS) is 32.8. The zero-order chi connectivity index (χ0) is 19.8. The molecular formula is C21H32N8. The summed E-state index contributed by atoms with van der Waals surface area (Å²) < 4.78 is 1.88. The number of rotatable bonds is 3. The molecule has 8 heteroatoms. The first-order valence-electron chi connectivity index (χ1n) is 10.9. The summed E-state index contributed by atoms with van der Waals surface area (Å²) in [5.74, 6) is 1.57. The van der Waals surface area contributed by atoms with Crippen molar-refractivity contribution in [3.05, 3.63) is 41.9 Å². The predicted molar refractivity (Wildman–Crippen MR) is 113 cm³/mol. The van der Waals surface area contributed by atoms with Gasteiger partial charge in [-0.25, -0.2) is 10.4 Å². The van der Waals surface area contributed by atoms with E-state index in [9.17, 15) is 0 Å². The van der Waals surface area contributed by atoms with Gasteiger partial charge in [-0.15, -0.1) is 0 Å². The first kappa shape index (κ1) is 19.0. The number of hydrogen-bond acceptors (Lipinski definition) is 7. The van der Waals surface area contributed by atoms with Crippen LogP contribution in [0.25, 0.3) is 0 Å². The van der Waals surface area contributed by atoms with Gasteiger partial charge in [0.1, 0.15) is 5.82 Å². The van der Waals surface area contributed by atoms with Crippen molar-refractivity contribution in [2.24, 2.45) is 18.7 Å². The molecule has 29 heavy (non-hydrogen) atoms. The summed E-state index contributed by atoms with van der Waals surface area (Å²) in [4.78, 5) is 7.48. The van der Waals surface area contributed by atoms with E-state index in [2.05, 4.69) is 50.6 Å². The topological polar surface area (TPSA) is 96.1 Å². The van der Waals surface area contributed by atoms with Gasteiger partial charge in [-0.05, 0) is 37.8 Å². The zero-order valence-corrected chi connectivity index (χ0v) is 17.1. The molecule has 5 heterocycles. The fourth-order valence-corrected chi connectivity index (χ4v) is 5.08. The minimum atomic E-state index is 0.218. The van der Waals surface area contributed by atoms with Crippen LogP contribution in [0, 0.1) is 5.92 Å². The summed E-state index contributed by atoms with van der Waals surface area (Å²) in [5.41, 5.74) is 15.6. The van der Waals surface area contributed by atoms with Crippen LogP contribution in [-0.4, -0.2) is 46.5 Å². The molecule has 3 fully saturated rings. The second-order valence-electron chi connectivity index (χ2n) is 8.78. The van der Waals surface area contributed by atoms with Crippen molar-refractivity contribution in [3.8, 4) is 0 Å². The van der Waals surface area contributed by atoms with Crippen LogP contribution < -0.4 is 26.8 Å². The SMILES string of the molecule is Cn1cc(C2CC3C(CN2)NNC3c2cccc(N3CCCC(N)CC3)n2)cn1. The van der Waals surface area contributed by atoms with E-state index in [1.165, 1.54) is 5.56 Å². The first-order chi connectivity index (χ1) is 14.2. The molecular weight excluding hydrogens is 364 g/mol. The highest BCUT2D eigenvalue weighted by molar-refractivity contribution is 5.40. The van der Waals surface area contributed by atoms with Gasteiger partial charge in [0, 0.05) is 62.5 Å². The van der Waals surface area contributed by atoms with Gasteiger partial charge in [0.05, 0.1) is 17.9 Å². The number of aryl methyl sites for hydroxylation is 1. The molecule has 2 aromatic rings. The largest absolute Gasteiger partial charge is 0.357 e. The Hall–Kier alpha value is -2.00. The average Bonchev–Trinajstić information content (AvgIpc) is 3.30. The lowest BCUT2D eigenvalue weighted by Gasteiger charge is -2.34. The zero-order valence-electron chi connectivity index (χ0n) is 17.1. The highest BCUT2D eigenvalue weighted by Gasteiger charge is 2.42. The number of nitrogens with zero attached hydrogens (tertiary/aromatic N) is 4. The van der Waals surface area contributed by atoms with Gasteiger partial charge in [-0.1, -0.05) is 6.07 Å². The highest BCUT2D eigenvalue weighted by atomic mass is 15.4. The van der Waals surface area contributed by atoms with Crippen molar-refractivity contribution in [1.82, 2.24) is 30.9 Å². The molecule has 3 aliphatic rings. The lowest BCUT2D eigenvalue weighted by atomic mass is 9.82. The maximum Gasteiger partial charge on any atom is 0.128 e. The third-order valence-electron chi connectivity index (χ3n) is 6.76. The summed E-state index contributed by atoms with van der Waals surface area (Å²) in [6, 6.07) is 7.74. The molecule has 0 bridgehead atoms. The summed E-state index contributed by atoms with van der Waals surface area (Å²) in [6.07, 6.45) is 8.44. The Labute approximate surface area is 172 Å². The molecule has 5 unspecified atom stereocenters. The van der Waals surface area contributed by atoms with Crippen molar-refractivity contribution in [2.45, 2.75) is 49.9 Å². The maximum absolute atomic E-state index is 6.16. The quantitative estimate of drug-likeness (QED) is 0.615. The maximum atomic E-state index is 6.16. The molecule has 5 rings (SSSR count). The van der Waals surface area contributed by atoms with E-state index in [1.54, 1.807) is 0 Å². The number of nitrogens with two attached hydrogens (primary N) is 1. The van der Waals surface area contributed by atoms with E-state index >= 15 is 0 Å². The fraction of sp³-hybridized carbons (Fsp3) is 0.619. The van der Waals surface area contributed by atoms with E-state index in [1.807, 2.05) is 17.9 Å². The molecule has 156 valence electrons. The van der Waals surface area contributed by atoms with Crippen LogP contribution in [0.1, 0.15) is 49.0 Å². The van der Waals surface area contributed by atoms with Crippen LogP contribution >= 0.6 is 0 Å². The van der Waals surface area contributed by atoms with Gasteiger partial charge in [0.15, 0.2) is 0 Å². The highest BCUT2D eigenvalue weighted by Crippen LogP contribution is 2.38. The van der Waals surface area contributed by atoms with E-state index < -0.39 is 0 Å². The van der Waals surface area contributed by atoms with Crippen LogP contribution in [0.2, 0.25) is 0 Å². The summed E-state index contributed by atoms with van der Waals surface area (Å²) >= 11 is 0. The van der Waals surface area contributed by atoms with Crippen LogP contribution in [-0.2, 0) is 7.05 Å². The van der Waals surface area contributed by atoms with Gasteiger partial charge in [-0.2, -0.15) is 5.10 Å². The standard InChI is InChI=1S/C21H32N8/c1-28-13-14(11-24-28)18-10-16-19(12-23-18)26-27-21(16)17-5-2-6-20(25-17)29-8-3-4-15(22)7-9-29/h2,5-6,11,13,15-16,18-19,21,23,26-27H,3-4,7-10,12,22H2,1H3. The molecule has 5 N–H and O–H groups in total. The van der Waals surface area contributed by atoms with Gasteiger partial charge in [0.25, 0.3) is 0 Å². The van der Waals surface area contributed by atoms with Gasteiger partial charge < -0.3 is 16.0 Å². The van der Waals surface area contributed by atoms with Gasteiger partial charge >= 0.3 is 0 Å². The fourth-order valence-electron chi connectivity index (χ4n) is 5.08. The Morgan fingerprint density at radius 2 is 2.10 bits per heavy atom. The molecule has 0 radical (unpaired) electrons. The smallest absolute Gasteiger partial charge is 0.128 e. The molecule has 0 amide bonds. The lowest BCUT2D eigenvalue weighted by Crippen LogP contribution is -2.46. The molecule has 0 aromatic carbocycles. The average molecular weight is 397 g/mol. The van der Waals surface area contributed by atoms with Crippen molar-refractivity contribution in [2.75, 3.05) is 24.5 Å². The molecule has 0 aliphatic carbocycles. The Morgan fingerprint density at radius 3 is 2.97 bits per heavy atom. The second-order valence-corrected chi connectivity index (χ2v) is 8.78. The summed E-state index contributed by atoms with van der Waals surface area (Å²) in [6.45, 7) is 2.98. The van der Waals surface area contributed by atoms with Crippen molar-refractivity contribution in [1.29, 1.82) is 0 Å². The summed E-state index contributed by atoms with van der Waals surface area (Å²) in [5, 5.41) is 8.02. The second kappa shape index (κ2) is 8.02. The molecule has 2 aromatic heterocycles. The molecule has 3 saturated heterocycles. The number of aromatic nitrogens is 3. The van der Waals surface area contributed by atoms with Crippen LogP contribution in [0.3, 0.4) is 0 Å². The number of nitrogens with one attached hydrogen (secondary N) is 3. The van der Waals surface area contributed by atoms with Crippen LogP contribution in [0.4, 0.5) is 5.82 Å². The number of pyridine rings is 1. The number of hydrazine groups is 1. The Morgan fingerprint density at radius 1 is 1.17 bits per heavy atom. The Bertz CT molecular complexity index is 836. The van der Waals surface area contributed by atoms with E-state index in [0.29, 0.717) is 24.0 Å². The van der Waals surface area contributed by atoms with Crippen molar-refractivity contribution in [3.63, 3.8) is 0 Å². The minimum absolute atomic E-state index is 0.218. The Kier molecular flexibility index (Phi) is 5.26. The predicted octanol–water partition coefficient (Wildman–Crippen LogP) is 1.00. The number of fused-ring (bicyclic) bond motifs is 1. The first-order valence-corrected chi connectivity index (χ1v) is 10.9. The third kappa shape index (κ3) is 3.90. The number of piperidine rings is 1. The summed E-state index contributed by atoms with van der Waals surface area (Å²) in [7, 11) is 1.97. The number of hydrogen-bond donors (Lipinski definition) is 4. The van der Waals surface area contributed by atoms with E-state index in [4.69, 9.17) is 10.7 Å². The number of anilines is 1. The van der Waals surface area contributed by atoms with Gasteiger partial charge in [-0.3, -0.25) is 10.1 Å². The van der Waals surface area contributed by atoms with Crippen LogP contribution in [0.15, 0.2) is 30.6 Å². The van der Waals surface area contributed by atoms with Gasteiger partial charge in [0.2, 0.25) is 0 Å². The lowest BCUT2D eigenvalue weighted by molar-refractivity contribution is 0.265. The van der Waals surface area contributed by atoms with E-state index in [-0.39, 0.29) is 6.04 Å². The molecule has 8 nitrogen and oxygen atoms in total. The third-order valence-corrected chi connectivity index (χ3v) is 6.76. The molecule has 0 spiro atoms. The molecule has 3 aliphatic heterocycles. The minimum Gasteiger partial charge on any atom is -0.357 e. The van der Waals surface area contributed by atoms with Crippen LogP contribution in [0.5, 0.6) is 0 Å². The molecule has 5 atom stereocenters. The van der Waals surface area contributed by atoms with Crippen molar-refractivity contribution < 1.29 is 0 Å². The van der Waals surface area contributed by atoms with E-state index in [0.717, 1.165) is 56.8 Å².